The summed E-state index contributed by atoms with van der Waals surface area (Å²) < 4.78 is 12.9. The molecule has 0 saturated carbocycles. The first kappa shape index (κ1) is 10.1. The van der Waals surface area contributed by atoms with Crippen LogP contribution >= 0.6 is 0 Å². The molecule has 15 heavy (non-hydrogen) atoms. The van der Waals surface area contributed by atoms with Crippen LogP contribution in [0.2, 0.25) is 0 Å². The van der Waals surface area contributed by atoms with Gasteiger partial charge in [-0.2, -0.15) is 0 Å². The van der Waals surface area contributed by atoms with E-state index in [0.717, 1.165) is 6.42 Å². The van der Waals surface area contributed by atoms with Gasteiger partial charge in [-0.05, 0) is 24.6 Å². The van der Waals surface area contributed by atoms with Crippen LogP contribution in [0.3, 0.4) is 0 Å². The number of rotatable bonds is 1. The van der Waals surface area contributed by atoms with E-state index in [0.29, 0.717) is 18.7 Å². The lowest BCUT2D eigenvalue weighted by atomic mass is 10.2. The third-order valence-electron chi connectivity index (χ3n) is 2.58. The number of likely N-dealkylation sites (tertiary alicyclic amines) is 1. The van der Waals surface area contributed by atoms with Gasteiger partial charge in [0.15, 0.2) is 0 Å². The summed E-state index contributed by atoms with van der Waals surface area (Å²) in [4.78, 5) is 13.5. The van der Waals surface area contributed by atoms with Crippen molar-refractivity contribution in [2.75, 3.05) is 13.1 Å². The summed E-state index contributed by atoms with van der Waals surface area (Å²) in [7, 11) is 0. The molecule has 4 heteroatoms. The maximum atomic E-state index is 12.9. The molecule has 0 aliphatic carbocycles. The summed E-state index contributed by atoms with van der Waals surface area (Å²) in [5, 5.41) is 0. The number of halogens is 1. The zero-order valence-corrected chi connectivity index (χ0v) is 8.32. The Morgan fingerprint density at radius 3 is 2.93 bits per heavy atom. The van der Waals surface area contributed by atoms with Crippen LogP contribution in [0.15, 0.2) is 24.3 Å². The number of nitrogens with zero attached hydrogens (tertiary/aromatic N) is 1. The van der Waals surface area contributed by atoms with Gasteiger partial charge in [-0.1, -0.05) is 6.07 Å². The van der Waals surface area contributed by atoms with E-state index < -0.39 is 0 Å². The van der Waals surface area contributed by atoms with Crippen LogP contribution in [0.4, 0.5) is 4.39 Å². The standard InChI is InChI=1S/C11H13FN2O/c12-9-3-1-2-8(6-9)11(15)14-5-4-10(13)7-14/h1-3,6,10H,4-5,7,13H2/t10-/m1/s1. The molecule has 0 spiro atoms. The number of nitrogens with two attached hydrogens (primary N) is 1. The van der Waals surface area contributed by atoms with Crippen LogP contribution in [0, 0.1) is 5.82 Å². The molecule has 1 saturated heterocycles. The van der Waals surface area contributed by atoms with Crippen molar-refractivity contribution in [3.63, 3.8) is 0 Å². The van der Waals surface area contributed by atoms with E-state index in [9.17, 15) is 9.18 Å². The smallest absolute Gasteiger partial charge is 0.254 e. The van der Waals surface area contributed by atoms with Crippen LogP contribution in [-0.4, -0.2) is 29.9 Å². The monoisotopic (exact) mass is 208 g/mol. The van der Waals surface area contributed by atoms with Crippen LogP contribution in [0.1, 0.15) is 16.8 Å². The maximum Gasteiger partial charge on any atom is 0.254 e. The summed E-state index contributed by atoms with van der Waals surface area (Å²) in [5.74, 6) is -0.521. The van der Waals surface area contributed by atoms with Gasteiger partial charge >= 0.3 is 0 Å². The summed E-state index contributed by atoms with van der Waals surface area (Å²) in [6, 6.07) is 5.80. The van der Waals surface area contributed by atoms with Gasteiger partial charge in [0.1, 0.15) is 5.82 Å². The van der Waals surface area contributed by atoms with E-state index >= 15 is 0 Å². The van der Waals surface area contributed by atoms with E-state index in [1.165, 1.54) is 12.1 Å². The third-order valence-corrected chi connectivity index (χ3v) is 2.58. The minimum Gasteiger partial charge on any atom is -0.337 e. The Morgan fingerprint density at radius 2 is 2.33 bits per heavy atom. The number of carbonyl (C=O) groups is 1. The lowest BCUT2D eigenvalue weighted by Gasteiger charge is -2.15. The number of carbonyl (C=O) groups excluding carboxylic acids is 1. The summed E-state index contributed by atoms with van der Waals surface area (Å²) in [6.45, 7) is 1.23. The fourth-order valence-corrected chi connectivity index (χ4v) is 1.78. The van der Waals surface area contributed by atoms with Crippen LogP contribution in [-0.2, 0) is 0 Å². The normalized spacial score (nSPS) is 20.7. The maximum absolute atomic E-state index is 12.9. The van der Waals surface area contributed by atoms with Crippen molar-refractivity contribution in [1.82, 2.24) is 4.90 Å². The van der Waals surface area contributed by atoms with Crippen LogP contribution in [0.25, 0.3) is 0 Å². The summed E-state index contributed by atoms with van der Waals surface area (Å²) in [5.41, 5.74) is 6.10. The second kappa shape index (κ2) is 3.98. The van der Waals surface area contributed by atoms with Gasteiger partial charge in [0.05, 0.1) is 0 Å². The molecular weight excluding hydrogens is 195 g/mol. The Morgan fingerprint density at radius 1 is 1.53 bits per heavy atom. The lowest BCUT2D eigenvalue weighted by Crippen LogP contribution is -2.31. The highest BCUT2D eigenvalue weighted by atomic mass is 19.1. The van der Waals surface area contributed by atoms with Gasteiger partial charge < -0.3 is 10.6 Å². The molecule has 1 aromatic carbocycles. The van der Waals surface area contributed by atoms with Gasteiger partial charge in [-0.3, -0.25) is 4.79 Å². The quantitative estimate of drug-likeness (QED) is 0.748. The van der Waals surface area contributed by atoms with E-state index in [2.05, 4.69) is 0 Å². The van der Waals surface area contributed by atoms with Crippen molar-refractivity contribution in [1.29, 1.82) is 0 Å². The molecule has 1 aromatic rings. The van der Waals surface area contributed by atoms with Gasteiger partial charge in [0.2, 0.25) is 0 Å². The molecule has 1 atom stereocenters. The summed E-state index contributed by atoms with van der Waals surface area (Å²) in [6.07, 6.45) is 0.820. The van der Waals surface area contributed by atoms with E-state index in [-0.39, 0.29) is 17.8 Å². The SMILES string of the molecule is N[C@@H]1CCN(C(=O)c2cccc(F)c2)C1. The third kappa shape index (κ3) is 2.15. The zero-order chi connectivity index (χ0) is 10.8. The van der Waals surface area contributed by atoms with E-state index in [4.69, 9.17) is 5.73 Å². The molecule has 1 aliphatic rings. The molecule has 0 radical (unpaired) electrons. The highest BCUT2D eigenvalue weighted by Gasteiger charge is 2.24. The van der Waals surface area contributed by atoms with Crippen molar-refractivity contribution < 1.29 is 9.18 Å². The molecule has 0 bridgehead atoms. The molecule has 1 fully saturated rings. The van der Waals surface area contributed by atoms with Crippen molar-refractivity contribution in [2.45, 2.75) is 12.5 Å². The van der Waals surface area contributed by atoms with Gasteiger partial charge in [-0.15, -0.1) is 0 Å². The molecule has 2 N–H and O–H groups in total. The molecule has 2 rings (SSSR count). The van der Waals surface area contributed by atoms with Gasteiger partial charge in [0.25, 0.3) is 5.91 Å². The fraction of sp³-hybridized carbons (Fsp3) is 0.364. The number of amides is 1. The highest BCUT2D eigenvalue weighted by molar-refractivity contribution is 5.94. The van der Waals surface area contributed by atoms with Crippen molar-refractivity contribution in [2.24, 2.45) is 5.73 Å². The number of hydrogen-bond donors (Lipinski definition) is 1. The molecule has 0 aromatic heterocycles. The largest absolute Gasteiger partial charge is 0.337 e. The second-order valence-electron chi connectivity index (χ2n) is 3.81. The zero-order valence-electron chi connectivity index (χ0n) is 8.32. The fourth-order valence-electron chi connectivity index (χ4n) is 1.78. The molecule has 1 aliphatic heterocycles. The van der Waals surface area contributed by atoms with Crippen LogP contribution in [0.5, 0.6) is 0 Å². The minimum absolute atomic E-state index is 0.0579. The predicted octanol–water partition coefficient (Wildman–Crippen LogP) is 0.999. The van der Waals surface area contributed by atoms with Gasteiger partial charge in [-0.25, -0.2) is 4.39 Å². The summed E-state index contributed by atoms with van der Waals surface area (Å²) >= 11 is 0. The average Bonchev–Trinajstić information content (AvgIpc) is 2.64. The molecule has 80 valence electrons. The average molecular weight is 208 g/mol. The minimum atomic E-state index is -0.385. The van der Waals surface area contributed by atoms with E-state index in [1.54, 1.807) is 17.0 Å². The number of hydrogen-bond acceptors (Lipinski definition) is 2. The highest BCUT2D eigenvalue weighted by Crippen LogP contribution is 2.13. The van der Waals surface area contributed by atoms with Crippen molar-refractivity contribution >= 4 is 5.91 Å². The predicted molar refractivity (Wildman–Crippen MR) is 54.9 cm³/mol. The van der Waals surface area contributed by atoms with Crippen LogP contribution < -0.4 is 5.73 Å². The topological polar surface area (TPSA) is 46.3 Å². The Kier molecular flexibility index (Phi) is 2.68. The van der Waals surface area contributed by atoms with Crippen molar-refractivity contribution in [3.05, 3.63) is 35.6 Å². The first-order chi connectivity index (χ1) is 7.16. The van der Waals surface area contributed by atoms with E-state index in [1.807, 2.05) is 0 Å². The van der Waals surface area contributed by atoms with Crippen molar-refractivity contribution in [3.8, 4) is 0 Å². The van der Waals surface area contributed by atoms with Gasteiger partial charge in [0, 0.05) is 24.7 Å². The molecule has 3 nitrogen and oxygen atoms in total. The Balaban J connectivity index is 2.14. The Hall–Kier alpha value is -1.42. The second-order valence-corrected chi connectivity index (χ2v) is 3.81. The molecule has 1 heterocycles. The molecule has 1 amide bonds. The number of benzene rings is 1. The molecular formula is C11H13FN2O. The Bertz CT molecular complexity index is 381. The lowest BCUT2D eigenvalue weighted by molar-refractivity contribution is 0.0790. The molecule has 0 unspecified atom stereocenters. The first-order valence-corrected chi connectivity index (χ1v) is 4.97. The first-order valence-electron chi connectivity index (χ1n) is 4.97. The Labute approximate surface area is 87.7 Å².